The average molecular weight is 348 g/mol. The van der Waals surface area contributed by atoms with Crippen molar-refractivity contribution >= 4 is 23.2 Å². The van der Waals surface area contributed by atoms with Gasteiger partial charge >= 0.3 is 0 Å². The van der Waals surface area contributed by atoms with E-state index in [2.05, 4.69) is 5.32 Å². The third kappa shape index (κ3) is 4.73. The molecule has 0 spiro atoms. The summed E-state index contributed by atoms with van der Waals surface area (Å²) in [7, 11) is 0. The highest BCUT2D eigenvalue weighted by molar-refractivity contribution is 6.31. The second kappa shape index (κ2) is 8.72. The molecule has 1 saturated heterocycles. The molecule has 6 heteroatoms. The number of rotatable bonds is 5. The van der Waals surface area contributed by atoms with Crippen LogP contribution in [0, 0.1) is 18.3 Å². The SMILES string of the molecule is Cc1ccc(NC(=O)/C(C#N)=C\N2CCCCC2CCO)cc1Cl. The standard InChI is InChI=1S/C18H22ClN3O2/c1-13-5-6-15(10-17(13)19)21-18(24)14(11-20)12-22-8-3-2-4-16(22)7-9-23/h5-6,10,12,16,23H,2-4,7-9H2,1H3,(H,21,24)/b14-12-. The first-order chi connectivity index (χ1) is 11.5. The summed E-state index contributed by atoms with van der Waals surface area (Å²) in [6.07, 6.45) is 5.34. The van der Waals surface area contributed by atoms with Gasteiger partial charge in [-0.15, -0.1) is 0 Å². The van der Waals surface area contributed by atoms with Crippen molar-refractivity contribution in [3.05, 3.63) is 40.6 Å². The molecule has 5 nitrogen and oxygen atoms in total. The third-order valence-corrected chi connectivity index (χ3v) is 4.63. The predicted molar refractivity (Wildman–Crippen MR) is 94.6 cm³/mol. The summed E-state index contributed by atoms with van der Waals surface area (Å²) >= 11 is 6.06. The Labute approximate surface area is 147 Å². The molecule has 1 aliphatic rings. The summed E-state index contributed by atoms with van der Waals surface area (Å²) in [5.74, 6) is -0.453. The summed E-state index contributed by atoms with van der Waals surface area (Å²) < 4.78 is 0. The lowest BCUT2D eigenvalue weighted by Gasteiger charge is -2.34. The lowest BCUT2D eigenvalue weighted by atomic mass is 10.00. The van der Waals surface area contributed by atoms with Crippen LogP contribution in [0.25, 0.3) is 0 Å². The molecule has 1 heterocycles. The molecule has 1 fully saturated rings. The van der Waals surface area contributed by atoms with Crippen LogP contribution in [0.2, 0.25) is 5.02 Å². The Morgan fingerprint density at radius 3 is 3.00 bits per heavy atom. The van der Waals surface area contributed by atoms with E-state index in [-0.39, 0.29) is 18.2 Å². The zero-order valence-electron chi connectivity index (χ0n) is 13.8. The second-order valence-corrected chi connectivity index (χ2v) is 6.38. The van der Waals surface area contributed by atoms with E-state index in [0.717, 1.165) is 31.4 Å². The van der Waals surface area contributed by atoms with Crippen molar-refractivity contribution in [2.24, 2.45) is 0 Å². The highest BCUT2D eigenvalue weighted by Gasteiger charge is 2.21. The molecule has 1 aromatic carbocycles. The van der Waals surface area contributed by atoms with Gasteiger partial charge in [-0.1, -0.05) is 17.7 Å². The number of hydrogen-bond donors (Lipinski definition) is 2. The van der Waals surface area contributed by atoms with Crippen molar-refractivity contribution < 1.29 is 9.90 Å². The molecule has 1 aromatic rings. The molecule has 1 atom stereocenters. The van der Waals surface area contributed by atoms with Gasteiger partial charge in [-0.05, 0) is 50.3 Å². The Hall–Kier alpha value is -2.03. The molecule has 0 aliphatic carbocycles. The molecule has 0 bridgehead atoms. The summed E-state index contributed by atoms with van der Waals surface area (Å²) in [5, 5.41) is 21.8. The zero-order valence-corrected chi connectivity index (χ0v) is 14.5. The van der Waals surface area contributed by atoms with Gasteiger partial charge in [0.2, 0.25) is 0 Å². The van der Waals surface area contributed by atoms with Crippen LogP contribution in [-0.2, 0) is 4.79 Å². The van der Waals surface area contributed by atoms with Crippen molar-refractivity contribution in [2.45, 2.75) is 38.6 Å². The molecule has 1 amide bonds. The maximum atomic E-state index is 12.4. The normalized spacial score (nSPS) is 18.2. The molecule has 1 unspecified atom stereocenters. The maximum absolute atomic E-state index is 12.4. The molecular weight excluding hydrogens is 326 g/mol. The number of anilines is 1. The number of carbonyl (C=O) groups is 1. The minimum atomic E-state index is -0.453. The Kier molecular flexibility index (Phi) is 6.65. The molecular formula is C18H22ClN3O2. The van der Waals surface area contributed by atoms with E-state index in [1.54, 1.807) is 18.3 Å². The van der Waals surface area contributed by atoms with Crippen LogP contribution < -0.4 is 5.32 Å². The fourth-order valence-electron chi connectivity index (χ4n) is 2.83. The van der Waals surface area contributed by atoms with Gasteiger partial charge in [0.05, 0.1) is 0 Å². The zero-order chi connectivity index (χ0) is 17.5. The minimum Gasteiger partial charge on any atom is -0.396 e. The smallest absolute Gasteiger partial charge is 0.267 e. The van der Waals surface area contributed by atoms with E-state index in [0.29, 0.717) is 17.1 Å². The molecule has 1 aliphatic heterocycles. The topological polar surface area (TPSA) is 76.4 Å². The second-order valence-electron chi connectivity index (χ2n) is 5.97. The number of nitrogens with one attached hydrogen (secondary N) is 1. The number of amides is 1. The van der Waals surface area contributed by atoms with Crippen LogP contribution >= 0.6 is 11.6 Å². The number of likely N-dealkylation sites (tertiary alicyclic amines) is 1. The number of aliphatic hydroxyl groups excluding tert-OH is 1. The molecule has 0 aromatic heterocycles. The summed E-state index contributed by atoms with van der Waals surface area (Å²) in [5.41, 5.74) is 1.53. The number of aliphatic hydroxyl groups is 1. The number of aryl methyl sites for hydroxylation is 1. The van der Waals surface area contributed by atoms with Crippen molar-refractivity contribution in [3.8, 4) is 6.07 Å². The molecule has 24 heavy (non-hydrogen) atoms. The van der Waals surface area contributed by atoms with Crippen LogP contribution in [0.4, 0.5) is 5.69 Å². The van der Waals surface area contributed by atoms with Gasteiger partial charge in [-0.2, -0.15) is 5.26 Å². The fourth-order valence-corrected chi connectivity index (χ4v) is 3.01. The van der Waals surface area contributed by atoms with Crippen molar-refractivity contribution in [3.63, 3.8) is 0 Å². The number of halogens is 1. The Balaban J connectivity index is 2.12. The van der Waals surface area contributed by atoms with Crippen molar-refractivity contribution in [2.75, 3.05) is 18.5 Å². The predicted octanol–water partition coefficient (Wildman–Crippen LogP) is 3.23. The first-order valence-corrected chi connectivity index (χ1v) is 8.49. The van der Waals surface area contributed by atoms with Crippen LogP contribution in [0.5, 0.6) is 0 Å². The third-order valence-electron chi connectivity index (χ3n) is 4.22. The number of hydrogen-bond acceptors (Lipinski definition) is 4. The number of carbonyl (C=O) groups excluding carboxylic acids is 1. The molecule has 0 radical (unpaired) electrons. The van der Waals surface area contributed by atoms with Gasteiger partial charge < -0.3 is 15.3 Å². The Morgan fingerprint density at radius 1 is 1.54 bits per heavy atom. The molecule has 0 saturated carbocycles. The van der Waals surface area contributed by atoms with Gasteiger partial charge in [0.15, 0.2) is 0 Å². The quantitative estimate of drug-likeness (QED) is 0.633. The first kappa shape index (κ1) is 18.3. The van der Waals surface area contributed by atoms with E-state index < -0.39 is 5.91 Å². The maximum Gasteiger partial charge on any atom is 0.267 e. The summed E-state index contributed by atoms with van der Waals surface area (Å²) in [6, 6.07) is 7.38. The van der Waals surface area contributed by atoms with Crippen molar-refractivity contribution in [1.29, 1.82) is 5.26 Å². The summed E-state index contributed by atoms with van der Waals surface area (Å²) in [4.78, 5) is 14.4. The molecule has 2 rings (SSSR count). The van der Waals surface area contributed by atoms with Gasteiger partial charge in [0.25, 0.3) is 5.91 Å². The van der Waals surface area contributed by atoms with E-state index >= 15 is 0 Å². The lowest BCUT2D eigenvalue weighted by Crippen LogP contribution is -2.37. The monoisotopic (exact) mass is 347 g/mol. The van der Waals surface area contributed by atoms with E-state index in [1.165, 1.54) is 0 Å². The summed E-state index contributed by atoms with van der Waals surface area (Å²) in [6.45, 7) is 2.77. The van der Waals surface area contributed by atoms with E-state index in [9.17, 15) is 15.2 Å². The highest BCUT2D eigenvalue weighted by Crippen LogP contribution is 2.22. The molecule has 2 N–H and O–H groups in total. The van der Waals surface area contributed by atoms with Crippen LogP contribution in [0.1, 0.15) is 31.2 Å². The first-order valence-electron chi connectivity index (χ1n) is 8.11. The number of nitriles is 1. The largest absolute Gasteiger partial charge is 0.396 e. The number of benzene rings is 1. The van der Waals surface area contributed by atoms with Gasteiger partial charge in [0, 0.05) is 36.1 Å². The van der Waals surface area contributed by atoms with E-state index in [1.807, 2.05) is 24.0 Å². The van der Waals surface area contributed by atoms with Gasteiger partial charge in [-0.25, -0.2) is 0 Å². The van der Waals surface area contributed by atoms with Crippen LogP contribution in [0.15, 0.2) is 30.0 Å². The fraction of sp³-hybridized carbons (Fsp3) is 0.444. The van der Waals surface area contributed by atoms with E-state index in [4.69, 9.17) is 11.6 Å². The highest BCUT2D eigenvalue weighted by atomic mass is 35.5. The Bertz CT molecular complexity index is 665. The van der Waals surface area contributed by atoms with Crippen LogP contribution in [-0.4, -0.2) is 35.1 Å². The van der Waals surface area contributed by atoms with Crippen molar-refractivity contribution in [1.82, 2.24) is 4.90 Å². The van der Waals surface area contributed by atoms with Gasteiger partial charge in [-0.3, -0.25) is 4.79 Å². The number of piperidine rings is 1. The Morgan fingerprint density at radius 2 is 2.33 bits per heavy atom. The van der Waals surface area contributed by atoms with Crippen LogP contribution in [0.3, 0.4) is 0 Å². The minimum absolute atomic E-state index is 0.0523. The number of nitrogens with zero attached hydrogens (tertiary/aromatic N) is 2. The average Bonchev–Trinajstić information content (AvgIpc) is 2.57. The van der Waals surface area contributed by atoms with Gasteiger partial charge in [0.1, 0.15) is 11.6 Å². The molecule has 128 valence electrons. The lowest BCUT2D eigenvalue weighted by molar-refractivity contribution is -0.112.